The molecule has 2 aliphatic rings. The molecule has 0 bridgehead atoms. The van der Waals surface area contributed by atoms with Gasteiger partial charge in [-0.2, -0.15) is 5.26 Å². The Balaban J connectivity index is 1.27. The summed E-state index contributed by atoms with van der Waals surface area (Å²) in [5.41, 5.74) is 2.59. The zero-order valence-electron chi connectivity index (χ0n) is 22.4. The second-order valence-electron chi connectivity index (χ2n) is 10.2. The van der Waals surface area contributed by atoms with Crippen molar-refractivity contribution in [1.29, 1.82) is 5.26 Å². The Morgan fingerprint density at radius 2 is 1.93 bits per heavy atom. The lowest BCUT2D eigenvalue weighted by atomic mass is 10.0. The number of nitriles is 1. The van der Waals surface area contributed by atoms with Gasteiger partial charge >= 0.3 is 0 Å². The molecule has 2 aromatic heterocycles. The number of hydrogen-bond acceptors (Lipinski definition) is 8. The van der Waals surface area contributed by atoms with E-state index in [0.29, 0.717) is 58.3 Å². The van der Waals surface area contributed by atoms with Crippen LogP contribution in [0.15, 0.2) is 59.1 Å². The van der Waals surface area contributed by atoms with Gasteiger partial charge in [0, 0.05) is 36.2 Å². The number of nitrogens with zero attached hydrogens (tertiary/aromatic N) is 2. The monoisotopic (exact) mass is 557 g/mol. The van der Waals surface area contributed by atoms with Crippen LogP contribution in [0.4, 0.5) is 4.39 Å². The highest BCUT2D eigenvalue weighted by Crippen LogP contribution is 2.38. The first kappa shape index (κ1) is 26.7. The van der Waals surface area contributed by atoms with Crippen LogP contribution in [0.1, 0.15) is 28.8 Å². The quantitative estimate of drug-likeness (QED) is 0.319. The summed E-state index contributed by atoms with van der Waals surface area (Å²) in [6.45, 7) is 1.13. The number of nitrogens with one attached hydrogen (secondary N) is 1. The average molecular weight is 558 g/mol. The van der Waals surface area contributed by atoms with E-state index in [1.165, 1.54) is 7.11 Å². The summed E-state index contributed by atoms with van der Waals surface area (Å²) in [7, 11) is 1.50. The zero-order valence-corrected chi connectivity index (χ0v) is 22.4. The maximum atomic E-state index is 14.2. The van der Waals surface area contributed by atoms with E-state index in [4.69, 9.17) is 23.4 Å². The van der Waals surface area contributed by atoms with Crippen molar-refractivity contribution in [2.45, 2.75) is 24.6 Å². The van der Waals surface area contributed by atoms with Crippen molar-refractivity contribution in [1.82, 2.24) is 10.3 Å². The first-order chi connectivity index (χ1) is 20.0. The Labute approximate surface area is 235 Å². The Morgan fingerprint density at radius 3 is 2.66 bits per heavy atom. The lowest BCUT2D eigenvalue weighted by Crippen LogP contribution is -2.53. The molecule has 2 aromatic carbocycles. The summed E-state index contributed by atoms with van der Waals surface area (Å²) in [6, 6.07) is 16.3. The number of aromatic nitrogens is 1. The van der Waals surface area contributed by atoms with Crippen LogP contribution in [0.25, 0.3) is 33.6 Å². The zero-order chi connectivity index (χ0) is 28.4. The van der Waals surface area contributed by atoms with Gasteiger partial charge in [-0.25, -0.2) is 4.39 Å². The number of rotatable bonds is 8. The highest BCUT2D eigenvalue weighted by atomic mass is 19.1. The number of furan rings is 1. The maximum Gasteiger partial charge on any atom is 0.251 e. The van der Waals surface area contributed by atoms with Crippen LogP contribution in [-0.2, 0) is 9.47 Å². The molecule has 1 N–H and O–H groups in total. The van der Waals surface area contributed by atoms with Gasteiger partial charge in [-0.15, -0.1) is 0 Å². The summed E-state index contributed by atoms with van der Waals surface area (Å²) >= 11 is 0. The van der Waals surface area contributed by atoms with E-state index < -0.39 is 11.6 Å². The van der Waals surface area contributed by atoms with Gasteiger partial charge in [0.1, 0.15) is 34.9 Å². The number of halogens is 1. The minimum atomic E-state index is -1.52. The molecule has 0 atom stereocenters. The third-order valence-corrected chi connectivity index (χ3v) is 7.30. The number of carbonyl (C=O) groups excluding carboxylic acids is 1. The Bertz CT molecular complexity index is 1630. The summed E-state index contributed by atoms with van der Waals surface area (Å²) < 4.78 is 42.5. The second-order valence-corrected chi connectivity index (χ2v) is 10.2. The minimum absolute atomic E-state index is 0.0205. The first-order valence-electron chi connectivity index (χ1n) is 13.4. The van der Waals surface area contributed by atoms with E-state index in [1.54, 1.807) is 36.5 Å². The Morgan fingerprint density at radius 1 is 1.10 bits per heavy atom. The summed E-state index contributed by atoms with van der Waals surface area (Å²) in [4.78, 5) is 17.1. The van der Waals surface area contributed by atoms with Gasteiger partial charge in [-0.05, 0) is 42.0 Å². The highest BCUT2D eigenvalue weighted by Gasteiger charge is 2.39. The van der Waals surface area contributed by atoms with Crippen LogP contribution in [0.3, 0.4) is 0 Å². The molecule has 4 aromatic rings. The number of benzene rings is 2. The van der Waals surface area contributed by atoms with Gasteiger partial charge in [0.25, 0.3) is 5.91 Å². The van der Waals surface area contributed by atoms with Crippen molar-refractivity contribution < 1.29 is 32.5 Å². The first-order valence-corrected chi connectivity index (χ1v) is 13.4. The van der Waals surface area contributed by atoms with E-state index in [2.05, 4.69) is 16.4 Å². The van der Waals surface area contributed by atoms with Crippen LogP contribution in [0, 0.1) is 11.3 Å². The predicted molar refractivity (Wildman–Crippen MR) is 148 cm³/mol. The number of pyridine rings is 1. The number of hydrogen-bond donors (Lipinski definition) is 1. The van der Waals surface area contributed by atoms with E-state index >= 15 is 0 Å². The fourth-order valence-electron chi connectivity index (χ4n) is 4.96. The maximum absolute atomic E-state index is 14.2. The molecule has 0 radical (unpaired) electrons. The SMILES string of the molecule is COc1cc(C(=O)NCC2(F)COC2)ccc1-c1cc2nccc(-c3ccc(OC4CCOCC4)c(C#N)c3)c2o1. The van der Waals surface area contributed by atoms with Gasteiger partial charge < -0.3 is 28.7 Å². The van der Waals surface area contributed by atoms with Crippen molar-refractivity contribution in [3.8, 4) is 40.0 Å². The molecule has 10 heteroatoms. The number of ether oxygens (including phenoxy) is 4. The molecule has 41 heavy (non-hydrogen) atoms. The van der Waals surface area contributed by atoms with E-state index in [9.17, 15) is 14.4 Å². The van der Waals surface area contributed by atoms with Crippen molar-refractivity contribution in [3.05, 3.63) is 65.9 Å². The summed E-state index contributed by atoms with van der Waals surface area (Å²) in [6.07, 6.45) is 3.28. The van der Waals surface area contributed by atoms with E-state index in [-0.39, 0.29) is 25.9 Å². The molecular formula is C31H28FN3O6. The topological polar surface area (TPSA) is 116 Å². The van der Waals surface area contributed by atoms with Crippen LogP contribution < -0.4 is 14.8 Å². The van der Waals surface area contributed by atoms with Gasteiger partial charge in [-0.3, -0.25) is 9.78 Å². The standard InChI is InChI=1S/C31H28FN3O6/c1-37-27-13-20(30(36)35-16-31(32)17-39-18-31)2-4-24(27)28-14-25-29(41-28)23(6-9-34-25)19-3-5-26(21(12-19)15-33)40-22-7-10-38-11-8-22/h2-6,9,12-14,22H,7-8,10-11,16-18H2,1H3,(H,35,36). The van der Waals surface area contributed by atoms with Crippen molar-refractivity contribution in [2.24, 2.45) is 0 Å². The minimum Gasteiger partial charge on any atom is -0.496 e. The molecule has 1 amide bonds. The molecule has 2 fully saturated rings. The Kier molecular flexibility index (Phi) is 7.30. The third kappa shape index (κ3) is 5.46. The Hall–Kier alpha value is -4.46. The van der Waals surface area contributed by atoms with Crippen LogP contribution in [0.2, 0.25) is 0 Å². The van der Waals surface area contributed by atoms with Crippen LogP contribution in [0.5, 0.6) is 11.5 Å². The molecule has 2 aliphatic heterocycles. The fraction of sp³-hybridized carbons (Fsp3) is 0.323. The number of methoxy groups -OCH3 is 1. The summed E-state index contributed by atoms with van der Waals surface area (Å²) in [5.74, 6) is 1.05. The van der Waals surface area contributed by atoms with E-state index in [1.807, 2.05) is 18.2 Å². The van der Waals surface area contributed by atoms with Crippen molar-refractivity contribution in [2.75, 3.05) is 40.1 Å². The number of amides is 1. The number of fused-ring (bicyclic) bond motifs is 1. The van der Waals surface area contributed by atoms with Gasteiger partial charge in [0.05, 0.1) is 51.2 Å². The molecule has 4 heterocycles. The molecule has 0 aliphatic carbocycles. The number of carbonyl (C=O) groups is 1. The molecule has 210 valence electrons. The van der Waals surface area contributed by atoms with Gasteiger partial charge in [-0.1, -0.05) is 6.07 Å². The summed E-state index contributed by atoms with van der Waals surface area (Å²) in [5, 5.41) is 12.5. The highest BCUT2D eigenvalue weighted by molar-refractivity contribution is 5.96. The normalized spacial score (nSPS) is 16.5. The predicted octanol–water partition coefficient (Wildman–Crippen LogP) is 5.07. The smallest absolute Gasteiger partial charge is 0.251 e. The molecule has 9 nitrogen and oxygen atoms in total. The van der Waals surface area contributed by atoms with Crippen LogP contribution in [-0.4, -0.2) is 62.7 Å². The molecule has 0 saturated carbocycles. The molecule has 2 saturated heterocycles. The molecule has 6 rings (SSSR count). The molecular weight excluding hydrogens is 529 g/mol. The average Bonchev–Trinajstić information content (AvgIpc) is 3.44. The number of alkyl halides is 1. The van der Waals surface area contributed by atoms with E-state index in [0.717, 1.165) is 24.0 Å². The molecule has 0 spiro atoms. The van der Waals surface area contributed by atoms with Crippen molar-refractivity contribution >= 4 is 17.0 Å². The van der Waals surface area contributed by atoms with Gasteiger partial charge in [0.2, 0.25) is 0 Å². The van der Waals surface area contributed by atoms with Gasteiger partial charge in [0.15, 0.2) is 11.3 Å². The largest absolute Gasteiger partial charge is 0.496 e. The fourth-order valence-corrected chi connectivity index (χ4v) is 4.96. The van der Waals surface area contributed by atoms with Crippen molar-refractivity contribution in [3.63, 3.8) is 0 Å². The lowest BCUT2D eigenvalue weighted by molar-refractivity contribution is -0.126. The molecule has 0 unspecified atom stereocenters. The second kappa shape index (κ2) is 11.2. The lowest BCUT2D eigenvalue weighted by Gasteiger charge is -2.33. The third-order valence-electron chi connectivity index (χ3n) is 7.30. The van der Waals surface area contributed by atoms with Crippen LogP contribution >= 0.6 is 0 Å².